The lowest BCUT2D eigenvalue weighted by Gasteiger charge is -2.26. The molecule has 1 aliphatic carbocycles. The summed E-state index contributed by atoms with van der Waals surface area (Å²) in [5.41, 5.74) is 3.46. The molecule has 2 amide bonds. The number of hydrogen-bond donors (Lipinski definition) is 3. The molecule has 1 heterocycles. The summed E-state index contributed by atoms with van der Waals surface area (Å²) in [6, 6.07) is 17.2. The topological polar surface area (TPSA) is 107 Å². The number of carbonyl (C=O) groups excluding carboxylic acids is 2. The first-order valence-corrected chi connectivity index (χ1v) is 12.8. The van der Waals surface area contributed by atoms with E-state index in [0.29, 0.717) is 36.4 Å². The van der Waals surface area contributed by atoms with Gasteiger partial charge in [-0.15, -0.1) is 0 Å². The Balaban J connectivity index is 1.40. The zero-order valence-corrected chi connectivity index (χ0v) is 21.6. The van der Waals surface area contributed by atoms with Gasteiger partial charge in [-0.3, -0.25) is 9.59 Å². The molecular weight excluding hydrogens is 504 g/mol. The first-order valence-electron chi connectivity index (χ1n) is 12.4. The summed E-state index contributed by atoms with van der Waals surface area (Å²) in [4.78, 5) is 39.7. The Morgan fingerprint density at radius 2 is 1.82 bits per heavy atom. The molecule has 1 aliphatic heterocycles. The van der Waals surface area contributed by atoms with Gasteiger partial charge in [0.05, 0.1) is 16.3 Å². The summed E-state index contributed by atoms with van der Waals surface area (Å²) in [6.07, 6.45) is 4.40. The summed E-state index contributed by atoms with van der Waals surface area (Å²) < 4.78 is 0. The highest BCUT2D eigenvalue weighted by Crippen LogP contribution is 2.46. The minimum Gasteiger partial charge on any atom is -0.506 e. The number of benzene rings is 3. The standard InChI is InChI=1S/C30H27ClN2O5/c1-18-6-8-23(31)22(14-18)27(35)32-24-9-7-19(15-26(24)34)28(36)33-13-12-30(11-10-21(17-30)29(37)38)16-20-4-2-3-5-25(20)33/h2-9,14-15,17,34H,10-13,16H2,1H3,(H,32,35)(H,37,38)/t30-/m0/s1. The smallest absolute Gasteiger partial charge is 0.331 e. The van der Waals surface area contributed by atoms with Crippen molar-refractivity contribution in [3.05, 3.63) is 99.6 Å². The lowest BCUT2D eigenvalue weighted by molar-refractivity contribution is -0.132. The molecular formula is C30H27ClN2O5. The van der Waals surface area contributed by atoms with Gasteiger partial charge in [0, 0.05) is 23.4 Å². The number of aromatic hydroxyl groups is 1. The largest absolute Gasteiger partial charge is 0.506 e. The van der Waals surface area contributed by atoms with E-state index in [4.69, 9.17) is 11.6 Å². The van der Waals surface area contributed by atoms with Crippen LogP contribution in [-0.4, -0.2) is 34.5 Å². The minimum absolute atomic E-state index is 0.164. The number of nitrogens with one attached hydrogen (secondary N) is 1. The Kier molecular flexibility index (Phi) is 6.71. The van der Waals surface area contributed by atoms with Gasteiger partial charge in [0.2, 0.25) is 0 Å². The quantitative estimate of drug-likeness (QED) is 0.359. The van der Waals surface area contributed by atoms with E-state index in [1.54, 1.807) is 29.2 Å². The van der Waals surface area contributed by atoms with E-state index in [2.05, 4.69) is 5.32 Å². The molecule has 38 heavy (non-hydrogen) atoms. The van der Waals surface area contributed by atoms with Crippen molar-refractivity contribution < 1.29 is 24.6 Å². The first-order chi connectivity index (χ1) is 18.2. The van der Waals surface area contributed by atoms with Crippen molar-refractivity contribution in [3.8, 4) is 5.75 Å². The zero-order valence-electron chi connectivity index (χ0n) is 20.8. The molecule has 0 saturated heterocycles. The number of fused-ring (bicyclic) bond motifs is 1. The Morgan fingerprint density at radius 1 is 1.03 bits per heavy atom. The first kappa shape index (κ1) is 25.5. The van der Waals surface area contributed by atoms with E-state index >= 15 is 0 Å². The maximum Gasteiger partial charge on any atom is 0.331 e. The van der Waals surface area contributed by atoms with E-state index < -0.39 is 11.9 Å². The number of allylic oxidation sites excluding steroid dienone is 1. The number of hydrogen-bond acceptors (Lipinski definition) is 4. The predicted octanol–water partition coefficient (Wildman–Crippen LogP) is 5.99. The van der Waals surface area contributed by atoms with Gasteiger partial charge in [-0.25, -0.2) is 4.79 Å². The second-order valence-corrected chi connectivity index (χ2v) is 10.4. The summed E-state index contributed by atoms with van der Waals surface area (Å²) in [7, 11) is 0. The van der Waals surface area contributed by atoms with E-state index in [0.717, 1.165) is 23.2 Å². The van der Waals surface area contributed by atoms with Gasteiger partial charge < -0.3 is 20.4 Å². The number of carbonyl (C=O) groups is 3. The highest BCUT2D eigenvalue weighted by atomic mass is 35.5. The van der Waals surface area contributed by atoms with Crippen molar-refractivity contribution in [1.29, 1.82) is 0 Å². The van der Waals surface area contributed by atoms with Gasteiger partial charge in [0.15, 0.2) is 0 Å². The molecule has 0 fully saturated rings. The van der Waals surface area contributed by atoms with E-state index in [9.17, 15) is 24.6 Å². The third-order valence-electron chi connectivity index (χ3n) is 7.41. The second kappa shape index (κ2) is 9.99. The highest BCUT2D eigenvalue weighted by molar-refractivity contribution is 6.34. The van der Waals surface area contributed by atoms with Gasteiger partial charge >= 0.3 is 5.97 Å². The molecule has 2 aliphatic rings. The number of rotatable bonds is 4. The average molecular weight is 531 g/mol. The fourth-order valence-corrected chi connectivity index (χ4v) is 5.59. The third kappa shape index (κ3) is 4.89. The van der Waals surface area contributed by atoms with Crippen LogP contribution in [0.4, 0.5) is 11.4 Å². The third-order valence-corrected chi connectivity index (χ3v) is 7.74. The molecule has 3 N–H and O–H groups in total. The highest BCUT2D eigenvalue weighted by Gasteiger charge is 2.39. The zero-order chi connectivity index (χ0) is 27.0. The van der Waals surface area contributed by atoms with E-state index in [1.807, 2.05) is 37.3 Å². The van der Waals surface area contributed by atoms with Crippen LogP contribution in [0.15, 0.2) is 72.3 Å². The number of anilines is 2. The molecule has 8 heteroatoms. The summed E-state index contributed by atoms with van der Waals surface area (Å²) >= 11 is 6.17. The number of phenols is 1. The van der Waals surface area contributed by atoms with Crippen LogP contribution in [0.3, 0.4) is 0 Å². The summed E-state index contributed by atoms with van der Waals surface area (Å²) in [6.45, 7) is 2.26. The molecule has 1 spiro atoms. The second-order valence-electron chi connectivity index (χ2n) is 10.0. The van der Waals surface area contributed by atoms with Crippen molar-refractivity contribution in [2.45, 2.75) is 32.6 Å². The Morgan fingerprint density at radius 3 is 2.55 bits per heavy atom. The minimum atomic E-state index is -0.889. The van der Waals surface area contributed by atoms with Gasteiger partial charge in [-0.1, -0.05) is 47.5 Å². The number of carboxylic acid groups (broad SMARTS) is 1. The van der Waals surface area contributed by atoms with Crippen LogP contribution in [0.2, 0.25) is 5.02 Å². The van der Waals surface area contributed by atoms with Crippen LogP contribution in [0, 0.1) is 12.3 Å². The molecule has 3 aromatic carbocycles. The van der Waals surface area contributed by atoms with Crippen LogP contribution < -0.4 is 10.2 Å². The van der Waals surface area contributed by atoms with Crippen LogP contribution in [-0.2, 0) is 11.2 Å². The monoisotopic (exact) mass is 530 g/mol. The van der Waals surface area contributed by atoms with Crippen molar-refractivity contribution in [2.24, 2.45) is 5.41 Å². The lowest BCUT2D eigenvalue weighted by atomic mass is 9.79. The van der Waals surface area contributed by atoms with Crippen LogP contribution >= 0.6 is 11.6 Å². The molecule has 194 valence electrons. The number of nitrogens with zero attached hydrogens (tertiary/aromatic N) is 1. The van der Waals surface area contributed by atoms with Crippen LogP contribution in [0.5, 0.6) is 5.75 Å². The molecule has 0 radical (unpaired) electrons. The lowest BCUT2D eigenvalue weighted by Crippen LogP contribution is -2.33. The Hall–Kier alpha value is -4.10. The number of carboxylic acids is 1. The number of amides is 2. The van der Waals surface area contributed by atoms with Gasteiger partial charge in [-0.2, -0.15) is 0 Å². The Bertz CT molecular complexity index is 1500. The number of aliphatic carboxylic acids is 1. The maximum atomic E-state index is 13.7. The molecule has 1 atom stereocenters. The number of phenolic OH excluding ortho intramolecular Hbond substituents is 1. The van der Waals surface area contributed by atoms with Crippen molar-refractivity contribution >= 4 is 40.8 Å². The van der Waals surface area contributed by atoms with Crippen LogP contribution in [0.25, 0.3) is 0 Å². The maximum absolute atomic E-state index is 13.7. The van der Waals surface area contributed by atoms with Gasteiger partial charge in [-0.05, 0) is 80.0 Å². The Labute approximate surface area is 225 Å². The molecule has 0 bridgehead atoms. The molecule has 7 nitrogen and oxygen atoms in total. The average Bonchev–Trinajstić information content (AvgIpc) is 3.24. The fraction of sp³-hybridized carbons (Fsp3) is 0.233. The molecule has 3 aromatic rings. The normalized spacial score (nSPS) is 18.5. The van der Waals surface area contributed by atoms with Gasteiger partial charge in [0.25, 0.3) is 11.8 Å². The number of para-hydroxylation sites is 1. The van der Waals surface area contributed by atoms with Crippen LogP contribution in [0.1, 0.15) is 51.1 Å². The number of aryl methyl sites for hydroxylation is 1. The molecule has 0 saturated carbocycles. The van der Waals surface area contributed by atoms with Crippen molar-refractivity contribution in [1.82, 2.24) is 0 Å². The molecule has 5 rings (SSSR count). The number of halogens is 1. The summed E-state index contributed by atoms with van der Waals surface area (Å²) in [5, 5.41) is 23.1. The molecule has 0 unspecified atom stereocenters. The van der Waals surface area contributed by atoms with E-state index in [1.165, 1.54) is 12.1 Å². The predicted molar refractivity (Wildman–Crippen MR) is 146 cm³/mol. The summed E-state index contributed by atoms with van der Waals surface area (Å²) in [5.74, 6) is -1.88. The van der Waals surface area contributed by atoms with Crippen molar-refractivity contribution in [3.63, 3.8) is 0 Å². The SMILES string of the molecule is Cc1ccc(Cl)c(C(=O)Nc2ccc(C(=O)N3CC[C@]4(C=C(C(=O)O)CC4)Cc4ccccc43)cc2O)c1. The fourth-order valence-electron chi connectivity index (χ4n) is 5.39. The van der Waals surface area contributed by atoms with Gasteiger partial charge in [0.1, 0.15) is 5.75 Å². The van der Waals surface area contributed by atoms with E-state index in [-0.39, 0.29) is 33.9 Å². The molecule has 0 aromatic heterocycles. The van der Waals surface area contributed by atoms with Crippen molar-refractivity contribution in [2.75, 3.05) is 16.8 Å².